The minimum absolute atomic E-state index is 0.0851. The third kappa shape index (κ3) is 3.86. The number of amidine groups is 1. The highest BCUT2D eigenvalue weighted by molar-refractivity contribution is 9.10. The molecular formula is C13H18BrN3O3. The van der Waals surface area contributed by atoms with Crippen LogP contribution in [0.4, 0.5) is 0 Å². The fourth-order valence-corrected chi connectivity index (χ4v) is 2.08. The van der Waals surface area contributed by atoms with Crippen molar-refractivity contribution in [2.75, 3.05) is 14.2 Å². The first kappa shape index (κ1) is 16.3. The maximum atomic E-state index is 12.4. The maximum absolute atomic E-state index is 12.4. The van der Waals surface area contributed by atoms with Gasteiger partial charge in [-0.15, -0.1) is 0 Å². The van der Waals surface area contributed by atoms with E-state index in [1.54, 1.807) is 32.4 Å². The molecule has 0 radical (unpaired) electrons. The summed E-state index contributed by atoms with van der Waals surface area (Å²) < 4.78 is 5.80. The van der Waals surface area contributed by atoms with Crippen LogP contribution in [0.25, 0.3) is 0 Å². The van der Waals surface area contributed by atoms with Gasteiger partial charge in [0, 0.05) is 24.0 Å². The van der Waals surface area contributed by atoms with Gasteiger partial charge >= 0.3 is 0 Å². The van der Waals surface area contributed by atoms with E-state index in [1.807, 2.05) is 6.92 Å². The number of rotatable bonds is 5. The van der Waals surface area contributed by atoms with E-state index in [1.165, 1.54) is 4.90 Å². The number of carbonyl (C=O) groups is 1. The van der Waals surface area contributed by atoms with E-state index < -0.39 is 0 Å². The molecule has 110 valence electrons. The number of hydrogen-bond acceptors (Lipinski definition) is 4. The van der Waals surface area contributed by atoms with E-state index in [-0.39, 0.29) is 17.8 Å². The minimum atomic E-state index is -0.198. The number of methoxy groups -OCH3 is 1. The molecule has 20 heavy (non-hydrogen) atoms. The monoisotopic (exact) mass is 343 g/mol. The number of nitrogens with two attached hydrogens (primary N) is 1. The normalized spacial score (nSPS) is 12.9. The lowest BCUT2D eigenvalue weighted by Gasteiger charge is -2.25. The molecule has 0 spiro atoms. The van der Waals surface area contributed by atoms with Gasteiger partial charge in [-0.2, -0.15) is 0 Å². The Morgan fingerprint density at radius 1 is 1.60 bits per heavy atom. The maximum Gasteiger partial charge on any atom is 0.255 e. The van der Waals surface area contributed by atoms with Gasteiger partial charge in [-0.05, 0) is 41.1 Å². The molecular weight excluding hydrogens is 326 g/mol. The third-order valence-corrected chi connectivity index (χ3v) is 3.71. The van der Waals surface area contributed by atoms with E-state index in [0.717, 1.165) is 0 Å². The Morgan fingerprint density at radius 2 is 2.25 bits per heavy atom. The van der Waals surface area contributed by atoms with Gasteiger partial charge in [0.2, 0.25) is 0 Å². The molecule has 0 saturated heterocycles. The Balaban J connectivity index is 2.94. The predicted molar refractivity (Wildman–Crippen MR) is 80.3 cm³/mol. The fourth-order valence-electron chi connectivity index (χ4n) is 1.67. The highest BCUT2D eigenvalue weighted by atomic mass is 79.9. The van der Waals surface area contributed by atoms with Crippen molar-refractivity contribution < 1.29 is 14.7 Å². The standard InChI is InChI=1S/C13H18BrN3O3/c1-8(6-12(15)16-19)17(2)13(18)10-7-9(20-3)4-5-11(10)14/h4-5,7-8,19H,6H2,1-3H3,(H2,15,16). The summed E-state index contributed by atoms with van der Waals surface area (Å²) in [5, 5.41) is 11.5. The van der Waals surface area contributed by atoms with E-state index in [9.17, 15) is 4.79 Å². The van der Waals surface area contributed by atoms with Crippen molar-refractivity contribution in [3.8, 4) is 5.75 Å². The number of halogens is 1. The van der Waals surface area contributed by atoms with Gasteiger partial charge in [-0.1, -0.05) is 5.16 Å². The van der Waals surface area contributed by atoms with Gasteiger partial charge in [-0.3, -0.25) is 4.79 Å². The lowest BCUT2D eigenvalue weighted by molar-refractivity contribution is 0.0746. The summed E-state index contributed by atoms with van der Waals surface area (Å²) in [5.41, 5.74) is 5.96. The van der Waals surface area contributed by atoms with Gasteiger partial charge in [0.1, 0.15) is 11.6 Å². The first-order valence-electron chi connectivity index (χ1n) is 5.97. The van der Waals surface area contributed by atoms with Crippen molar-refractivity contribution in [3.63, 3.8) is 0 Å². The molecule has 0 saturated carbocycles. The molecule has 3 N–H and O–H groups in total. The average molecular weight is 344 g/mol. The van der Waals surface area contributed by atoms with Crippen LogP contribution in [-0.2, 0) is 0 Å². The number of carbonyl (C=O) groups excluding carboxylic acids is 1. The molecule has 1 unspecified atom stereocenters. The van der Waals surface area contributed by atoms with Crippen LogP contribution in [0, 0.1) is 0 Å². The molecule has 0 heterocycles. The van der Waals surface area contributed by atoms with Crippen molar-refractivity contribution in [1.29, 1.82) is 0 Å². The van der Waals surface area contributed by atoms with Gasteiger partial charge in [-0.25, -0.2) is 0 Å². The summed E-state index contributed by atoms with van der Waals surface area (Å²) in [7, 11) is 3.21. The largest absolute Gasteiger partial charge is 0.497 e. The number of oxime groups is 1. The summed E-state index contributed by atoms with van der Waals surface area (Å²) in [6.45, 7) is 1.82. The van der Waals surface area contributed by atoms with Crippen molar-refractivity contribution in [3.05, 3.63) is 28.2 Å². The van der Waals surface area contributed by atoms with Crippen LogP contribution in [0.2, 0.25) is 0 Å². The summed E-state index contributed by atoms with van der Waals surface area (Å²) in [6.07, 6.45) is 0.292. The zero-order valence-corrected chi connectivity index (χ0v) is 13.2. The molecule has 1 rings (SSSR count). The van der Waals surface area contributed by atoms with Crippen molar-refractivity contribution in [2.45, 2.75) is 19.4 Å². The topological polar surface area (TPSA) is 88.2 Å². The van der Waals surface area contributed by atoms with Gasteiger partial charge in [0.15, 0.2) is 0 Å². The molecule has 1 aromatic carbocycles. The molecule has 0 aromatic heterocycles. The van der Waals surface area contributed by atoms with Crippen LogP contribution in [-0.4, -0.2) is 42.0 Å². The zero-order valence-electron chi connectivity index (χ0n) is 11.6. The quantitative estimate of drug-likeness (QED) is 0.370. The molecule has 1 amide bonds. The van der Waals surface area contributed by atoms with Gasteiger partial charge in [0.05, 0.1) is 12.7 Å². The Kier molecular flexibility index (Phi) is 5.82. The van der Waals surface area contributed by atoms with E-state index >= 15 is 0 Å². The SMILES string of the molecule is COc1ccc(Br)c(C(=O)N(C)C(C)CC(N)=NO)c1. The molecule has 0 fully saturated rings. The van der Waals surface area contributed by atoms with Crippen LogP contribution in [0.3, 0.4) is 0 Å². The molecule has 1 atom stereocenters. The van der Waals surface area contributed by atoms with E-state index in [4.69, 9.17) is 15.7 Å². The second-order valence-electron chi connectivity index (χ2n) is 4.41. The molecule has 7 heteroatoms. The van der Waals surface area contributed by atoms with Crippen LogP contribution in [0.1, 0.15) is 23.7 Å². The van der Waals surface area contributed by atoms with Crippen LogP contribution in [0.5, 0.6) is 5.75 Å². The summed E-state index contributed by atoms with van der Waals surface area (Å²) in [5.74, 6) is 0.518. The summed E-state index contributed by atoms with van der Waals surface area (Å²) in [6, 6.07) is 4.99. The van der Waals surface area contributed by atoms with E-state index in [2.05, 4.69) is 21.1 Å². The van der Waals surface area contributed by atoms with E-state index in [0.29, 0.717) is 22.2 Å². The number of ether oxygens (including phenoxy) is 1. The Hall–Kier alpha value is -1.76. The lowest BCUT2D eigenvalue weighted by Crippen LogP contribution is -2.38. The van der Waals surface area contributed by atoms with Crippen LogP contribution >= 0.6 is 15.9 Å². The van der Waals surface area contributed by atoms with Crippen molar-refractivity contribution in [2.24, 2.45) is 10.9 Å². The average Bonchev–Trinajstić information content (AvgIpc) is 2.45. The first-order valence-corrected chi connectivity index (χ1v) is 6.77. The first-order chi connectivity index (χ1) is 9.40. The highest BCUT2D eigenvalue weighted by Gasteiger charge is 2.21. The molecule has 0 aliphatic heterocycles. The number of amides is 1. The fraction of sp³-hybridized carbons (Fsp3) is 0.385. The van der Waals surface area contributed by atoms with Crippen molar-refractivity contribution in [1.82, 2.24) is 4.90 Å². The molecule has 1 aromatic rings. The van der Waals surface area contributed by atoms with Gasteiger partial charge < -0.3 is 20.6 Å². The number of benzene rings is 1. The zero-order chi connectivity index (χ0) is 15.3. The molecule has 6 nitrogen and oxygen atoms in total. The number of nitrogens with zero attached hydrogens (tertiary/aromatic N) is 2. The predicted octanol–water partition coefficient (Wildman–Crippen LogP) is 2.05. The van der Waals surface area contributed by atoms with Crippen LogP contribution < -0.4 is 10.5 Å². The second-order valence-corrected chi connectivity index (χ2v) is 5.26. The third-order valence-electron chi connectivity index (χ3n) is 3.02. The molecule has 0 bridgehead atoms. The second kappa shape index (κ2) is 7.14. The van der Waals surface area contributed by atoms with Crippen molar-refractivity contribution >= 4 is 27.7 Å². The highest BCUT2D eigenvalue weighted by Crippen LogP contribution is 2.24. The van der Waals surface area contributed by atoms with Crippen LogP contribution in [0.15, 0.2) is 27.8 Å². The minimum Gasteiger partial charge on any atom is -0.497 e. The Labute approximate surface area is 126 Å². The summed E-state index contributed by atoms with van der Waals surface area (Å²) >= 11 is 3.35. The smallest absolute Gasteiger partial charge is 0.255 e. The molecule has 0 aliphatic carbocycles. The number of hydrogen-bond donors (Lipinski definition) is 2. The Morgan fingerprint density at radius 3 is 2.80 bits per heavy atom. The summed E-state index contributed by atoms with van der Waals surface area (Å²) in [4.78, 5) is 14.0. The Bertz CT molecular complexity index is 520. The molecule has 0 aliphatic rings. The lowest BCUT2D eigenvalue weighted by atomic mass is 10.1. The van der Waals surface area contributed by atoms with Gasteiger partial charge in [0.25, 0.3) is 5.91 Å².